The molecule has 0 atom stereocenters. The number of hydrogen-bond donors (Lipinski definition) is 3. The van der Waals surface area contributed by atoms with Gasteiger partial charge in [0.15, 0.2) is 0 Å². The minimum absolute atomic E-state index is 0.293. The molecule has 0 radical (unpaired) electrons. The highest BCUT2D eigenvalue weighted by atomic mass is 16.5. The Morgan fingerprint density at radius 3 is 1.35 bits per heavy atom. The topological polar surface area (TPSA) is 113 Å². The van der Waals surface area contributed by atoms with Crippen LogP contribution in [0.2, 0.25) is 0 Å². The Hall–Kier alpha value is -1.96. The molecule has 34 heavy (non-hydrogen) atoms. The van der Waals surface area contributed by atoms with E-state index in [0.717, 1.165) is 25.7 Å². The lowest BCUT2D eigenvalue weighted by molar-refractivity contribution is 0.0450. The lowest BCUT2D eigenvalue weighted by atomic mass is 10.1. The van der Waals surface area contributed by atoms with E-state index in [4.69, 9.17) is 24.8 Å². The predicted molar refractivity (Wildman–Crippen MR) is 134 cm³/mol. The molecule has 196 valence electrons. The Morgan fingerprint density at radius 2 is 1.03 bits per heavy atom. The number of rotatable bonds is 18. The van der Waals surface area contributed by atoms with Gasteiger partial charge < -0.3 is 24.8 Å². The first-order valence-corrected chi connectivity index (χ1v) is 12.8. The van der Waals surface area contributed by atoms with E-state index in [0.29, 0.717) is 24.3 Å². The van der Waals surface area contributed by atoms with E-state index in [1.807, 2.05) is 0 Å². The Labute approximate surface area is 205 Å². The van der Waals surface area contributed by atoms with Gasteiger partial charge in [-0.3, -0.25) is 0 Å². The molecule has 0 aromatic heterocycles. The smallest absolute Gasteiger partial charge is 0.339 e. The molecule has 0 bridgehead atoms. The van der Waals surface area contributed by atoms with Crippen LogP contribution >= 0.6 is 0 Å². The Balaban J connectivity index is 0.00000160. The summed E-state index contributed by atoms with van der Waals surface area (Å²) in [6.07, 6.45) is 12.7. The van der Waals surface area contributed by atoms with Gasteiger partial charge in [-0.05, 0) is 25.0 Å². The lowest BCUT2D eigenvalue weighted by Crippen LogP contribution is -2.15. The zero-order chi connectivity index (χ0) is 25.4. The third-order valence-electron chi connectivity index (χ3n) is 5.25. The first-order chi connectivity index (χ1) is 16.5. The molecule has 0 aliphatic rings. The quantitative estimate of drug-likeness (QED) is 0.198. The van der Waals surface area contributed by atoms with Crippen molar-refractivity contribution in [2.24, 2.45) is 0 Å². The molecule has 0 fully saturated rings. The second kappa shape index (κ2) is 22.8. The van der Waals surface area contributed by atoms with E-state index in [9.17, 15) is 9.59 Å². The third-order valence-corrected chi connectivity index (χ3v) is 5.25. The Kier molecular flexibility index (Phi) is 21.5. The van der Waals surface area contributed by atoms with E-state index < -0.39 is 18.0 Å². The zero-order valence-corrected chi connectivity index (χ0v) is 21.2. The van der Waals surface area contributed by atoms with Gasteiger partial charge in [0, 0.05) is 0 Å². The molecule has 1 rings (SSSR count). The molecule has 7 heteroatoms. The number of benzene rings is 1. The summed E-state index contributed by atoms with van der Waals surface area (Å²) in [5.74, 6) is -0.888. The van der Waals surface area contributed by atoms with Gasteiger partial charge in [-0.15, -0.1) is 0 Å². The summed E-state index contributed by atoms with van der Waals surface area (Å²) in [7, 11) is 0. The van der Waals surface area contributed by atoms with Crippen LogP contribution in [0.3, 0.4) is 0 Å². The highest BCUT2D eigenvalue weighted by Crippen LogP contribution is 2.14. The zero-order valence-electron chi connectivity index (χ0n) is 21.2. The molecule has 0 amide bonds. The average Bonchev–Trinajstić information content (AvgIpc) is 2.87. The van der Waals surface area contributed by atoms with Gasteiger partial charge in [0.2, 0.25) is 0 Å². The average molecular weight is 483 g/mol. The first kappa shape index (κ1) is 32.0. The van der Waals surface area contributed by atoms with Crippen LogP contribution < -0.4 is 0 Å². The molecule has 0 aliphatic heterocycles. The molecule has 0 spiro atoms. The van der Waals surface area contributed by atoms with Crippen LogP contribution in [0.15, 0.2) is 24.3 Å². The van der Waals surface area contributed by atoms with Crippen LogP contribution in [-0.4, -0.2) is 59.8 Å². The number of aliphatic hydroxyl groups is 3. The van der Waals surface area contributed by atoms with E-state index >= 15 is 0 Å². The van der Waals surface area contributed by atoms with Crippen LogP contribution in [-0.2, 0) is 9.47 Å². The number of carbonyl (C=O) groups excluding carboxylic acids is 2. The maximum Gasteiger partial charge on any atom is 0.339 e. The highest BCUT2D eigenvalue weighted by Gasteiger charge is 2.18. The number of unbranched alkanes of at least 4 members (excludes halogenated alkanes) is 10. The summed E-state index contributed by atoms with van der Waals surface area (Å²) in [5.41, 5.74) is 0.586. The van der Waals surface area contributed by atoms with E-state index in [-0.39, 0.29) is 13.2 Å². The predicted octanol–water partition coefficient (Wildman–Crippen LogP) is 5.05. The van der Waals surface area contributed by atoms with Crippen molar-refractivity contribution in [3.8, 4) is 0 Å². The van der Waals surface area contributed by atoms with Gasteiger partial charge in [-0.2, -0.15) is 0 Å². The first-order valence-electron chi connectivity index (χ1n) is 12.8. The molecule has 0 saturated heterocycles. The fraction of sp³-hybridized carbons (Fsp3) is 0.704. The van der Waals surface area contributed by atoms with Gasteiger partial charge in [0.25, 0.3) is 0 Å². The summed E-state index contributed by atoms with van der Waals surface area (Å²) in [5, 5.41) is 24.0. The molecular formula is C27H46O7. The maximum atomic E-state index is 12.4. The van der Waals surface area contributed by atoms with Gasteiger partial charge in [0.05, 0.1) is 37.6 Å². The van der Waals surface area contributed by atoms with E-state index in [1.165, 1.54) is 51.4 Å². The SMILES string of the molecule is CCCCCCCCOC(=O)c1ccccc1C(=O)OCCCCCCCC.OCC(O)CO. The number of aliphatic hydroxyl groups excluding tert-OH is 3. The lowest BCUT2D eigenvalue weighted by Gasteiger charge is -2.10. The Morgan fingerprint density at radius 1 is 0.676 bits per heavy atom. The molecule has 0 aliphatic carbocycles. The van der Waals surface area contributed by atoms with Gasteiger partial charge in [-0.25, -0.2) is 9.59 Å². The molecule has 0 unspecified atom stereocenters. The standard InChI is InChI=1S/C24H38O4.C3H8O3/c1-3-5-7-9-11-15-19-27-23(25)21-17-13-14-18-22(21)24(26)28-20-16-12-10-8-6-4-2;4-1-3(6)2-5/h13-14,17-18H,3-12,15-16,19-20H2,1-2H3;3-6H,1-2H2. The van der Waals surface area contributed by atoms with Crippen molar-refractivity contribution in [1.82, 2.24) is 0 Å². The van der Waals surface area contributed by atoms with E-state index in [1.54, 1.807) is 24.3 Å². The Bertz CT molecular complexity index is 580. The van der Waals surface area contributed by atoms with Crippen molar-refractivity contribution in [1.29, 1.82) is 0 Å². The third kappa shape index (κ3) is 16.6. The summed E-state index contributed by atoms with van der Waals surface area (Å²) in [6, 6.07) is 6.74. The fourth-order valence-electron chi connectivity index (χ4n) is 3.15. The summed E-state index contributed by atoms with van der Waals surface area (Å²) in [4.78, 5) is 24.7. The summed E-state index contributed by atoms with van der Waals surface area (Å²) >= 11 is 0. The van der Waals surface area contributed by atoms with Crippen LogP contribution in [0.5, 0.6) is 0 Å². The summed E-state index contributed by atoms with van der Waals surface area (Å²) < 4.78 is 10.7. The molecule has 0 heterocycles. The van der Waals surface area contributed by atoms with Crippen molar-refractivity contribution >= 4 is 11.9 Å². The second-order valence-electron chi connectivity index (χ2n) is 8.37. The molecule has 1 aromatic carbocycles. The van der Waals surface area contributed by atoms with Crippen molar-refractivity contribution in [3.05, 3.63) is 35.4 Å². The van der Waals surface area contributed by atoms with Gasteiger partial charge >= 0.3 is 11.9 Å². The van der Waals surface area contributed by atoms with Crippen LogP contribution in [0.25, 0.3) is 0 Å². The second-order valence-corrected chi connectivity index (χ2v) is 8.37. The molecule has 0 saturated carbocycles. The van der Waals surface area contributed by atoms with Crippen LogP contribution in [0.1, 0.15) is 112 Å². The van der Waals surface area contributed by atoms with Crippen LogP contribution in [0.4, 0.5) is 0 Å². The molecular weight excluding hydrogens is 436 g/mol. The highest BCUT2D eigenvalue weighted by molar-refractivity contribution is 6.03. The molecule has 1 aromatic rings. The largest absolute Gasteiger partial charge is 0.462 e. The van der Waals surface area contributed by atoms with Crippen molar-refractivity contribution in [2.75, 3.05) is 26.4 Å². The number of carbonyl (C=O) groups is 2. The van der Waals surface area contributed by atoms with Crippen molar-refractivity contribution in [2.45, 2.75) is 97.0 Å². The van der Waals surface area contributed by atoms with E-state index in [2.05, 4.69) is 13.8 Å². The van der Waals surface area contributed by atoms with Crippen LogP contribution in [0, 0.1) is 0 Å². The van der Waals surface area contributed by atoms with Gasteiger partial charge in [0.1, 0.15) is 6.10 Å². The fourth-order valence-corrected chi connectivity index (χ4v) is 3.15. The monoisotopic (exact) mass is 482 g/mol. The number of hydrogen-bond acceptors (Lipinski definition) is 7. The normalized spacial score (nSPS) is 10.5. The number of ether oxygens (including phenoxy) is 2. The van der Waals surface area contributed by atoms with Gasteiger partial charge in [-0.1, -0.05) is 90.2 Å². The van der Waals surface area contributed by atoms with Crippen molar-refractivity contribution < 1.29 is 34.4 Å². The summed E-state index contributed by atoms with van der Waals surface area (Å²) in [6.45, 7) is 4.45. The molecule has 7 nitrogen and oxygen atoms in total. The van der Waals surface area contributed by atoms with Crippen molar-refractivity contribution in [3.63, 3.8) is 0 Å². The maximum absolute atomic E-state index is 12.4. The minimum atomic E-state index is -0.954. The number of esters is 2. The molecule has 3 N–H and O–H groups in total. The minimum Gasteiger partial charge on any atom is -0.462 e.